The second-order valence-corrected chi connectivity index (χ2v) is 4.60. The Morgan fingerprint density at radius 1 is 1.30 bits per heavy atom. The largest absolute Gasteiger partial charge is 0.483 e. The average Bonchev–Trinajstić information content (AvgIpc) is 2.40. The lowest BCUT2D eigenvalue weighted by Crippen LogP contribution is -2.41. The maximum atomic E-state index is 11.7. The average molecular weight is 279 g/mol. The molecule has 1 aromatic rings. The number of esters is 1. The summed E-state index contributed by atoms with van der Waals surface area (Å²) in [4.78, 5) is 23.1. The van der Waals surface area contributed by atoms with Gasteiger partial charge in [0.2, 0.25) is 0 Å². The van der Waals surface area contributed by atoms with Gasteiger partial charge < -0.3 is 14.8 Å². The minimum Gasteiger partial charge on any atom is -0.483 e. The smallest absolute Gasteiger partial charge is 0.328 e. The van der Waals surface area contributed by atoms with Crippen molar-refractivity contribution < 1.29 is 19.1 Å². The summed E-state index contributed by atoms with van der Waals surface area (Å²) in [7, 11) is 0. The zero-order valence-corrected chi connectivity index (χ0v) is 12.4. The van der Waals surface area contributed by atoms with Gasteiger partial charge in [-0.25, -0.2) is 4.79 Å². The van der Waals surface area contributed by atoms with Gasteiger partial charge in [0.15, 0.2) is 6.61 Å². The minimum atomic E-state index is -0.676. The first kappa shape index (κ1) is 16.0. The summed E-state index contributed by atoms with van der Waals surface area (Å²) in [5.41, 5.74) is 2.02. The van der Waals surface area contributed by atoms with Crippen LogP contribution in [-0.4, -0.2) is 31.1 Å². The van der Waals surface area contributed by atoms with E-state index in [1.54, 1.807) is 13.8 Å². The van der Waals surface area contributed by atoms with Crippen LogP contribution < -0.4 is 10.1 Å². The lowest BCUT2D eigenvalue weighted by molar-refractivity contribution is -0.147. The van der Waals surface area contributed by atoms with Gasteiger partial charge in [0.1, 0.15) is 11.8 Å². The highest BCUT2D eigenvalue weighted by molar-refractivity contribution is 5.84. The quantitative estimate of drug-likeness (QED) is 0.806. The first-order chi connectivity index (χ1) is 9.43. The molecule has 0 aliphatic carbocycles. The normalized spacial score (nSPS) is 11.6. The lowest BCUT2D eigenvalue weighted by atomic mass is 10.1. The van der Waals surface area contributed by atoms with Crippen molar-refractivity contribution in [2.75, 3.05) is 13.2 Å². The molecule has 1 rings (SSSR count). The molecule has 110 valence electrons. The van der Waals surface area contributed by atoms with Crippen LogP contribution in [0.5, 0.6) is 5.75 Å². The van der Waals surface area contributed by atoms with Gasteiger partial charge in [0.25, 0.3) is 5.91 Å². The molecule has 0 spiro atoms. The summed E-state index contributed by atoms with van der Waals surface area (Å²) in [5, 5.41) is 2.53. The Balaban J connectivity index is 2.47. The number of hydrogen-bond donors (Lipinski definition) is 1. The van der Waals surface area contributed by atoms with Crippen molar-refractivity contribution in [2.24, 2.45) is 0 Å². The van der Waals surface area contributed by atoms with Crippen molar-refractivity contribution in [1.82, 2.24) is 5.32 Å². The van der Waals surface area contributed by atoms with Crippen LogP contribution >= 0.6 is 0 Å². The predicted molar refractivity (Wildman–Crippen MR) is 75.6 cm³/mol. The fourth-order valence-corrected chi connectivity index (χ4v) is 1.62. The molecule has 0 aromatic heterocycles. The maximum Gasteiger partial charge on any atom is 0.328 e. The molecule has 0 fully saturated rings. The SMILES string of the molecule is CCOC(=O)[C@@H](C)NC(=O)COc1cc(C)ccc1C. The van der Waals surface area contributed by atoms with E-state index in [0.717, 1.165) is 11.1 Å². The van der Waals surface area contributed by atoms with E-state index < -0.39 is 12.0 Å². The Hall–Kier alpha value is -2.04. The molecule has 0 saturated carbocycles. The second-order valence-electron chi connectivity index (χ2n) is 4.60. The molecule has 0 unspecified atom stereocenters. The third-order valence-corrected chi connectivity index (χ3v) is 2.72. The van der Waals surface area contributed by atoms with E-state index >= 15 is 0 Å². The van der Waals surface area contributed by atoms with Crippen molar-refractivity contribution in [1.29, 1.82) is 0 Å². The third-order valence-electron chi connectivity index (χ3n) is 2.72. The van der Waals surface area contributed by atoms with Gasteiger partial charge in [-0.2, -0.15) is 0 Å². The first-order valence-corrected chi connectivity index (χ1v) is 6.60. The van der Waals surface area contributed by atoms with Crippen molar-refractivity contribution in [3.05, 3.63) is 29.3 Å². The van der Waals surface area contributed by atoms with Crippen LogP contribution in [0.25, 0.3) is 0 Å². The Bertz CT molecular complexity index is 485. The molecular formula is C15H21NO4. The van der Waals surface area contributed by atoms with Crippen LogP contribution in [0.1, 0.15) is 25.0 Å². The molecule has 20 heavy (non-hydrogen) atoms. The number of rotatable bonds is 6. The van der Waals surface area contributed by atoms with Gasteiger partial charge >= 0.3 is 5.97 Å². The molecule has 0 radical (unpaired) electrons. The molecule has 0 saturated heterocycles. The fourth-order valence-electron chi connectivity index (χ4n) is 1.62. The highest BCUT2D eigenvalue weighted by Crippen LogP contribution is 2.18. The van der Waals surface area contributed by atoms with Gasteiger partial charge in [-0.3, -0.25) is 4.79 Å². The molecule has 5 heteroatoms. The van der Waals surface area contributed by atoms with Crippen LogP contribution in [0.3, 0.4) is 0 Å². The summed E-state index contributed by atoms with van der Waals surface area (Å²) in [6.07, 6.45) is 0. The van der Waals surface area contributed by atoms with Crippen molar-refractivity contribution in [3.63, 3.8) is 0 Å². The van der Waals surface area contributed by atoms with E-state index in [1.807, 2.05) is 32.0 Å². The standard InChI is InChI=1S/C15H21NO4/c1-5-19-15(18)12(4)16-14(17)9-20-13-8-10(2)6-7-11(13)3/h6-8,12H,5,9H2,1-4H3,(H,16,17)/t12-/m1/s1. The highest BCUT2D eigenvalue weighted by Gasteiger charge is 2.16. The number of ether oxygens (including phenoxy) is 2. The monoisotopic (exact) mass is 279 g/mol. The van der Waals surface area contributed by atoms with Gasteiger partial charge in [0.05, 0.1) is 6.61 Å². The lowest BCUT2D eigenvalue weighted by Gasteiger charge is -2.14. The number of hydrogen-bond acceptors (Lipinski definition) is 4. The van der Waals surface area contributed by atoms with Crippen LogP contribution in [-0.2, 0) is 14.3 Å². The molecule has 0 heterocycles. The Labute approximate surface area is 119 Å². The highest BCUT2D eigenvalue weighted by atomic mass is 16.5. The summed E-state index contributed by atoms with van der Waals surface area (Å²) in [6, 6.07) is 5.11. The predicted octanol–water partition coefficient (Wildman–Crippen LogP) is 1.75. The van der Waals surface area contributed by atoms with Crippen LogP contribution in [0.15, 0.2) is 18.2 Å². The Morgan fingerprint density at radius 2 is 2.00 bits per heavy atom. The number of nitrogens with one attached hydrogen (secondary N) is 1. The van der Waals surface area contributed by atoms with Crippen LogP contribution in [0.2, 0.25) is 0 Å². The van der Waals surface area contributed by atoms with E-state index in [0.29, 0.717) is 5.75 Å². The molecule has 0 aliphatic heterocycles. The van der Waals surface area contributed by atoms with Gasteiger partial charge in [-0.1, -0.05) is 12.1 Å². The third kappa shape index (κ3) is 4.91. The molecule has 0 bridgehead atoms. The molecule has 1 aromatic carbocycles. The number of carbonyl (C=O) groups is 2. The van der Waals surface area contributed by atoms with Crippen molar-refractivity contribution >= 4 is 11.9 Å². The molecule has 5 nitrogen and oxygen atoms in total. The fraction of sp³-hybridized carbons (Fsp3) is 0.467. The van der Waals surface area contributed by atoms with Crippen LogP contribution in [0, 0.1) is 13.8 Å². The van der Waals surface area contributed by atoms with E-state index in [1.165, 1.54) is 0 Å². The second kappa shape index (κ2) is 7.53. The Kier molecular flexibility index (Phi) is 6.03. The van der Waals surface area contributed by atoms with Crippen molar-refractivity contribution in [2.45, 2.75) is 33.7 Å². The van der Waals surface area contributed by atoms with E-state index in [9.17, 15) is 9.59 Å². The molecule has 1 N–H and O–H groups in total. The zero-order chi connectivity index (χ0) is 15.1. The summed E-state index contributed by atoms with van der Waals surface area (Å²) >= 11 is 0. The summed E-state index contributed by atoms with van der Waals surface area (Å²) in [5.74, 6) is -0.136. The van der Waals surface area contributed by atoms with Gasteiger partial charge in [-0.15, -0.1) is 0 Å². The number of aryl methyl sites for hydroxylation is 2. The summed E-state index contributed by atoms with van der Waals surface area (Å²) < 4.78 is 10.3. The maximum absolute atomic E-state index is 11.7. The first-order valence-electron chi connectivity index (χ1n) is 6.60. The molecule has 1 atom stereocenters. The molecular weight excluding hydrogens is 258 g/mol. The van der Waals surface area contributed by atoms with Crippen LogP contribution in [0.4, 0.5) is 0 Å². The summed E-state index contributed by atoms with van der Waals surface area (Å²) in [6.45, 7) is 7.32. The molecule has 0 aliphatic rings. The van der Waals surface area contributed by atoms with E-state index in [4.69, 9.17) is 9.47 Å². The van der Waals surface area contributed by atoms with Gasteiger partial charge in [0, 0.05) is 0 Å². The number of amides is 1. The minimum absolute atomic E-state index is 0.131. The van der Waals surface area contributed by atoms with E-state index in [-0.39, 0.29) is 19.1 Å². The van der Waals surface area contributed by atoms with E-state index in [2.05, 4.69) is 5.32 Å². The number of benzene rings is 1. The van der Waals surface area contributed by atoms with Crippen molar-refractivity contribution in [3.8, 4) is 5.75 Å². The number of carbonyl (C=O) groups excluding carboxylic acids is 2. The topological polar surface area (TPSA) is 64.6 Å². The zero-order valence-electron chi connectivity index (χ0n) is 12.4. The van der Waals surface area contributed by atoms with Gasteiger partial charge in [-0.05, 0) is 44.9 Å². The molecule has 1 amide bonds. The Morgan fingerprint density at radius 3 is 2.65 bits per heavy atom.